The average Bonchev–Trinajstić information content (AvgIpc) is 2.27. The summed E-state index contributed by atoms with van der Waals surface area (Å²) in [5.41, 5.74) is -0.726. The lowest BCUT2D eigenvalue weighted by Gasteiger charge is -2.31. The zero-order chi connectivity index (χ0) is 12.2. The zero-order valence-electron chi connectivity index (χ0n) is 10.8. The highest BCUT2D eigenvalue weighted by atomic mass is 16.5. The fourth-order valence-corrected chi connectivity index (χ4v) is 1.90. The standard InChI is InChI=1S/C12H24N2O2/c1-9-7-13-6-5-10(9)8-14-11(15)12(2,3)16-4/h9-10,13H,5-8H2,1-4H3,(H,14,15). The SMILES string of the molecule is COC(C)(C)C(=O)NCC1CCNCC1C. The van der Waals surface area contributed by atoms with Crippen molar-refractivity contribution in [1.29, 1.82) is 0 Å². The van der Waals surface area contributed by atoms with Crippen molar-refractivity contribution in [2.75, 3.05) is 26.7 Å². The van der Waals surface area contributed by atoms with Crippen LogP contribution in [0, 0.1) is 11.8 Å². The molecule has 0 spiro atoms. The highest BCUT2D eigenvalue weighted by molar-refractivity contribution is 5.84. The minimum Gasteiger partial charge on any atom is -0.369 e. The van der Waals surface area contributed by atoms with Gasteiger partial charge in [0, 0.05) is 13.7 Å². The molecule has 1 fully saturated rings. The Balaban J connectivity index is 2.36. The smallest absolute Gasteiger partial charge is 0.251 e. The summed E-state index contributed by atoms with van der Waals surface area (Å²) in [6.07, 6.45) is 1.13. The van der Waals surface area contributed by atoms with Gasteiger partial charge < -0.3 is 15.4 Å². The zero-order valence-corrected chi connectivity index (χ0v) is 10.8. The maximum absolute atomic E-state index is 11.8. The van der Waals surface area contributed by atoms with Crippen LogP contribution in [0.1, 0.15) is 27.2 Å². The molecule has 2 atom stereocenters. The van der Waals surface area contributed by atoms with Crippen LogP contribution < -0.4 is 10.6 Å². The second-order valence-electron chi connectivity index (χ2n) is 5.15. The molecule has 94 valence electrons. The Kier molecular flexibility index (Phi) is 4.74. The first kappa shape index (κ1) is 13.5. The Morgan fingerprint density at radius 1 is 1.56 bits per heavy atom. The van der Waals surface area contributed by atoms with Crippen LogP contribution >= 0.6 is 0 Å². The van der Waals surface area contributed by atoms with Crippen molar-refractivity contribution in [3.8, 4) is 0 Å². The van der Waals surface area contributed by atoms with E-state index >= 15 is 0 Å². The largest absolute Gasteiger partial charge is 0.369 e. The molecule has 4 heteroatoms. The number of rotatable bonds is 4. The molecule has 2 N–H and O–H groups in total. The summed E-state index contributed by atoms with van der Waals surface area (Å²) < 4.78 is 5.14. The third-order valence-electron chi connectivity index (χ3n) is 3.54. The second-order valence-corrected chi connectivity index (χ2v) is 5.15. The van der Waals surface area contributed by atoms with Crippen molar-refractivity contribution in [3.63, 3.8) is 0 Å². The van der Waals surface area contributed by atoms with E-state index in [2.05, 4.69) is 17.6 Å². The molecular formula is C12H24N2O2. The van der Waals surface area contributed by atoms with Crippen LogP contribution in [0.5, 0.6) is 0 Å². The van der Waals surface area contributed by atoms with Crippen LogP contribution in [0.2, 0.25) is 0 Å². The molecule has 2 unspecified atom stereocenters. The molecule has 4 nitrogen and oxygen atoms in total. The first-order valence-electron chi connectivity index (χ1n) is 6.01. The molecule has 0 saturated carbocycles. The maximum atomic E-state index is 11.8. The third kappa shape index (κ3) is 3.46. The number of nitrogens with one attached hydrogen (secondary N) is 2. The Morgan fingerprint density at radius 2 is 2.25 bits per heavy atom. The van der Waals surface area contributed by atoms with E-state index in [0.29, 0.717) is 11.8 Å². The fraction of sp³-hybridized carbons (Fsp3) is 0.917. The molecule has 1 aliphatic heterocycles. The van der Waals surface area contributed by atoms with Gasteiger partial charge in [0.1, 0.15) is 5.60 Å². The van der Waals surface area contributed by atoms with E-state index in [9.17, 15) is 4.79 Å². The third-order valence-corrected chi connectivity index (χ3v) is 3.54. The van der Waals surface area contributed by atoms with Crippen molar-refractivity contribution >= 4 is 5.91 Å². The predicted molar refractivity (Wildman–Crippen MR) is 64.2 cm³/mol. The maximum Gasteiger partial charge on any atom is 0.251 e. The molecule has 0 aromatic carbocycles. The quantitative estimate of drug-likeness (QED) is 0.747. The van der Waals surface area contributed by atoms with E-state index < -0.39 is 5.60 Å². The Hall–Kier alpha value is -0.610. The molecular weight excluding hydrogens is 204 g/mol. The summed E-state index contributed by atoms with van der Waals surface area (Å²) in [7, 11) is 1.56. The van der Waals surface area contributed by atoms with Gasteiger partial charge in [0.15, 0.2) is 0 Å². The summed E-state index contributed by atoms with van der Waals surface area (Å²) in [4.78, 5) is 11.8. The van der Waals surface area contributed by atoms with Crippen molar-refractivity contribution in [3.05, 3.63) is 0 Å². The molecule has 0 bridgehead atoms. The average molecular weight is 228 g/mol. The van der Waals surface area contributed by atoms with Crippen molar-refractivity contribution in [2.45, 2.75) is 32.8 Å². The van der Waals surface area contributed by atoms with Gasteiger partial charge in [0.05, 0.1) is 0 Å². The molecule has 1 rings (SSSR count). The predicted octanol–water partition coefficient (Wildman–Crippen LogP) is 0.773. The van der Waals surface area contributed by atoms with Crippen LogP contribution in [0.3, 0.4) is 0 Å². The van der Waals surface area contributed by atoms with Gasteiger partial charge in [-0.2, -0.15) is 0 Å². The van der Waals surface area contributed by atoms with Gasteiger partial charge in [-0.25, -0.2) is 0 Å². The minimum absolute atomic E-state index is 0.0271. The molecule has 16 heavy (non-hydrogen) atoms. The Morgan fingerprint density at radius 3 is 2.81 bits per heavy atom. The highest BCUT2D eigenvalue weighted by Gasteiger charge is 2.28. The fourth-order valence-electron chi connectivity index (χ4n) is 1.90. The summed E-state index contributed by atoms with van der Waals surface area (Å²) in [6, 6.07) is 0. The topological polar surface area (TPSA) is 50.4 Å². The molecule has 0 radical (unpaired) electrons. The number of hydrogen-bond donors (Lipinski definition) is 2. The van der Waals surface area contributed by atoms with Gasteiger partial charge in [-0.05, 0) is 45.2 Å². The van der Waals surface area contributed by atoms with E-state index in [1.165, 1.54) is 0 Å². The first-order valence-corrected chi connectivity index (χ1v) is 6.01. The molecule has 1 aliphatic rings. The monoisotopic (exact) mass is 228 g/mol. The van der Waals surface area contributed by atoms with E-state index in [1.807, 2.05) is 0 Å². The van der Waals surface area contributed by atoms with Gasteiger partial charge >= 0.3 is 0 Å². The van der Waals surface area contributed by atoms with Crippen molar-refractivity contribution in [2.24, 2.45) is 11.8 Å². The lowest BCUT2D eigenvalue weighted by atomic mass is 9.88. The van der Waals surface area contributed by atoms with Gasteiger partial charge in [-0.1, -0.05) is 6.92 Å². The number of hydrogen-bond acceptors (Lipinski definition) is 3. The number of carbonyl (C=O) groups is 1. The number of amides is 1. The van der Waals surface area contributed by atoms with E-state index in [-0.39, 0.29) is 5.91 Å². The highest BCUT2D eigenvalue weighted by Crippen LogP contribution is 2.18. The van der Waals surface area contributed by atoms with Gasteiger partial charge in [-0.3, -0.25) is 4.79 Å². The van der Waals surface area contributed by atoms with Crippen molar-refractivity contribution < 1.29 is 9.53 Å². The van der Waals surface area contributed by atoms with Crippen LogP contribution in [-0.4, -0.2) is 38.3 Å². The number of ether oxygens (including phenoxy) is 1. The number of piperidine rings is 1. The second kappa shape index (κ2) is 5.64. The van der Waals surface area contributed by atoms with Gasteiger partial charge in [0.2, 0.25) is 0 Å². The number of carbonyl (C=O) groups excluding carboxylic acids is 1. The molecule has 1 saturated heterocycles. The van der Waals surface area contributed by atoms with Gasteiger partial charge in [-0.15, -0.1) is 0 Å². The minimum atomic E-state index is -0.726. The lowest BCUT2D eigenvalue weighted by Crippen LogP contribution is -2.47. The summed E-state index contributed by atoms with van der Waals surface area (Å²) in [5.74, 6) is 1.18. The molecule has 0 aromatic rings. The van der Waals surface area contributed by atoms with E-state index in [4.69, 9.17) is 4.74 Å². The van der Waals surface area contributed by atoms with Crippen molar-refractivity contribution in [1.82, 2.24) is 10.6 Å². The molecule has 0 aromatic heterocycles. The normalized spacial score (nSPS) is 26.5. The summed E-state index contributed by atoms with van der Waals surface area (Å²) >= 11 is 0. The summed E-state index contributed by atoms with van der Waals surface area (Å²) in [6.45, 7) is 8.66. The van der Waals surface area contributed by atoms with E-state index in [1.54, 1.807) is 21.0 Å². The first-order chi connectivity index (χ1) is 7.47. The molecule has 0 aliphatic carbocycles. The molecule has 1 heterocycles. The Bertz CT molecular complexity index is 241. The van der Waals surface area contributed by atoms with Crippen LogP contribution in [-0.2, 0) is 9.53 Å². The Labute approximate surface area is 98.1 Å². The number of methoxy groups -OCH3 is 1. The van der Waals surface area contributed by atoms with Crippen LogP contribution in [0.4, 0.5) is 0 Å². The van der Waals surface area contributed by atoms with Gasteiger partial charge in [0.25, 0.3) is 5.91 Å². The molecule has 1 amide bonds. The van der Waals surface area contributed by atoms with Crippen LogP contribution in [0.25, 0.3) is 0 Å². The van der Waals surface area contributed by atoms with Crippen LogP contribution in [0.15, 0.2) is 0 Å². The summed E-state index contributed by atoms with van der Waals surface area (Å²) in [5, 5.41) is 6.34. The van der Waals surface area contributed by atoms with E-state index in [0.717, 1.165) is 26.1 Å². The lowest BCUT2D eigenvalue weighted by molar-refractivity contribution is -0.139.